The molecule has 4 nitrogen and oxygen atoms in total. The first kappa shape index (κ1) is 15.5. The Morgan fingerprint density at radius 1 is 1.23 bits per heavy atom. The molecule has 0 bridgehead atoms. The number of aliphatic hydroxyl groups is 1. The lowest BCUT2D eigenvalue weighted by Crippen LogP contribution is -2.45. The van der Waals surface area contributed by atoms with Gasteiger partial charge in [-0.05, 0) is 43.7 Å². The molecule has 0 spiro atoms. The molecule has 120 valence electrons. The van der Waals surface area contributed by atoms with E-state index in [9.17, 15) is 9.90 Å². The fourth-order valence-electron chi connectivity index (χ4n) is 3.31. The van der Waals surface area contributed by atoms with Gasteiger partial charge < -0.3 is 10.0 Å². The van der Waals surface area contributed by atoms with Crippen LogP contribution in [0.2, 0.25) is 0 Å². The van der Waals surface area contributed by atoms with Crippen LogP contribution in [0.5, 0.6) is 0 Å². The molecule has 0 aromatic heterocycles. The van der Waals surface area contributed by atoms with Gasteiger partial charge in [0.2, 0.25) is 5.91 Å². The summed E-state index contributed by atoms with van der Waals surface area (Å²) in [5.74, 6) is 0.579. The second-order valence-corrected chi connectivity index (χ2v) is 6.66. The van der Waals surface area contributed by atoms with Crippen LogP contribution >= 0.6 is 0 Å². The molecule has 1 aromatic carbocycles. The van der Waals surface area contributed by atoms with E-state index in [1.807, 2.05) is 18.2 Å². The Morgan fingerprint density at radius 2 is 2.00 bits per heavy atom. The standard InChI is InChI=1S/C18H26N2O2/c21-14-16-7-4-10-19(11-16)13-18(22)20(17-8-9-17)12-15-5-2-1-3-6-15/h1-3,5-6,16-17,21H,4,7-14H2. The van der Waals surface area contributed by atoms with Gasteiger partial charge in [0.25, 0.3) is 0 Å². The number of hydrogen-bond donors (Lipinski definition) is 1. The van der Waals surface area contributed by atoms with Crippen LogP contribution in [0.3, 0.4) is 0 Å². The number of aliphatic hydroxyl groups excluding tert-OH is 1. The number of nitrogens with zero attached hydrogens (tertiary/aromatic N) is 2. The van der Waals surface area contributed by atoms with Crippen LogP contribution in [-0.4, -0.2) is 53.1 Å². The lowest BCUT2D eigenvalue weighted by atomic mass is 9.99. The highest BCUT2D eigenvalue weighted by molar-refractivity contribution is 5.79. The molecule has 1 aromatic rings. The van der Waals surface area contributed by atoms with Crippen molar-refractivity contribution in [3.63, 3.8) is 0 Å². The Labute approximate surface area is 132 Å². The second-order valence-electron chi connectivity index (χ2n) is 6.66. The van der Waals surface area contributed by atoms with Crippen molar-refractivity contribution in [2.45, 2.75) is 38.3 Å². The van der Waals surface area contributed by atoms with E-state index < -0.39 is 0 Å². The molecule has 2 aliphatic rings. The van der Waals surface area contributed by atoms with Gasteiger partial charge in [-0.2, -0.15) is 0 Å². The Bertz CT molecular complexity index is 487. The summed E-state index contributed by atoms with van der Waals surface area (Å²) < 4.78 is 0. The number of amides is 1. The summed E-state index contributed by atoms with van der Waals surface area (Å²) in [4.78, 5) is 17.0. The van der Waals surface area contributed by atoms with E-state index in [1.165, 1.54) is 5.56 Å². The normalized spacial score (nSPS) is 22.5. The van der Waals surface area contributed by atoms with Gasteiger partial charge in [-0.25, -0.2) is 0 Å². The molecule has 1 heterocycles. The largest absolute Gasteiger partial charge is 0.396 e. The molecule has 1 atom stereocenters. The summed E-state index contributed by atoms with van der Waals surface area (Å²) in [6.07, 6.45) is 4.44. The minimum absolute atomic E-state index is 0.237. The number of hydrogen-bond acceptors (Lipinski definition) is 3. The fourth-order valence-corrected chi connectivity index (χ4v) is 3.31. The van der Waals surface area contributed by atoms with Gasteiger partial charge in [0.05, 0.1) is 6.54 Å². The summed E-state index contributed by atoms with van der Waals surface area (Å²) in [7, 11) is 0. The summed E-state index contributed by atoms with van der Waals surface area (Å²) in [5.41, 5.74) is 1.20. The van der Waals surface area contributed by atoms with Crippen LogP contribution in [0.4, 0.5) is 0 Å². The molecule has 2 fully saturated rings. The molecular formula is C18H26N2O2. The van der Waals surface area contributed by atoms with E-state index in [0.29, 0.717) is 18.5 Å². The van der Waals surface area contributed by atoms with E-state index in [-0.39, 0.29) is 12.5 Å². The molecular weight excluding hydrogens is 276 g/mol. The van der Waals surface area contributed by atoms with Crippen molar-refractivity contribution >= 4 is 5.91 Å². The Hall–Kier alpha value is -1.39. The van der Waals surface area contributed by atoms with Crippen molar-refractivity contribution in [3.8, 4) is 0 Å². The van der Waals surface area contributed by atoms with Crippen molar-refractivity contribution < 1.29 is 9.90 Å². The van der Waals surface area contributed by atoms with Crippen LogP contribution < -0.4 is 0 Å². The first-order valence-corrected chi connectivity index (χ1v) is 8.43. The number of likely N-dealkylation sites (tertiary alicyclic amines) is 1. The maximum absolute atomic E-state index is 12.7. The molecule has 1 saturated heterocycles. The van der Waals surface area contributed by atoms with E-state index in [0.717, 1.165) is 45.3 Å². The molecule has 1 unspecified atom stereocenters. The lowest BCUT2D eigenvalue weighted by molar-refractivity contribution is -0.134. The first-order chi connectivity index (χ1) is 10.8. The maximum Gasteiger partial charge on any atom is 0.237 e. The van der Waals surface area contributed by atoms with Crippen LogP contribution in [0.25, 0.3) is 0 Å². The molecule has 1 amide bonds. The fraction of sp³-hybridized carbons (Fsp3) is 0.611. The molecule has 1 aliphatic carbocycles. The average Bonchev–Trinajstić information content (AvgIpc) is 3.38. The summed E-state index contributed by atoms with van der Waals surface area (Å²) in [6.45, 7) is 3.29. The smallest absolute Gasteiger partial charge is 0.237 e. The third kappa shape index (κ3) is 4.08. The van der Waals surface area contributed by atoms with E-state index in [1.54, 1.807) is 0 Å². The van der Waals surface area contributed by atoms with Crippen LogP contribution in [0.15, 0.2) is 30.3 Å². The predicted molar refractivity (Wildman–Crippen MR) is 86.3 cm³/mol. The highest BCUT2D eigenvalue weighted by Gasteiger charge is 2.33. The number of carbonyl (C=O) groups excluding carboxylic acids is 1. The van der Waals surface area contributed by atoms with Gasteiger partial charge in [0, 0.05) is 25.7 Å². The number of carbonyl (C=O) groups is 1. The van der Waals surface area contributed by atoms with Gasteiger partial charge in [-0.15, -0.1) is 0 Å². The number of benzene rings is 1. The zero-order valence-corrected chi connectivity index (χ0v) is 13.2. The van der Waals surface area contributed by atoms with Gasteiger partial charge in [0.1, 0.15) is 0 Å². The summed E-state index contributed by atoms with van der Waals surface area (Å²) in [5, 5.41) is 9.32. The molecule has 1 N–H and O–H groups in total. The van der Waals surface area contributed by atoms with Crippen molar-refractivity contribution in [1.29, 1.82) is 0 Å². The van der Waals surface area contributed by atoms with Gasteiger partial charge in [-0.3, -0.25) is 9.69 Å². The van der Waals surface area contributed by atoms with Crippen LogP contribution in [-0.2, 0) is 11.3 Å². The van der Waals surface area contributed by atoms with Crippen molar-refractivity contribution in [3.05, 3.63) is 35.9 Å². The highest BCUT2D eigenvalue weighted by Crippen LogP contribution is 2.29. The second kappa shape index (κ2) is 7.25. The number of piperidine rings is 1. The first-order valence-electron chi connectivity index (χ1n) is 8.43. The van der Waals surface area contributed by atoms with Gasteiger partial charge in [-0.1, -0.05) is 30.3 Å². The zero-order valence-electron chi connectivity index (χ0n) is 13.2. The van der Waals surface area contributed by atoms with Crippen molar-refractivity contribution in [2.24, 2.45) is 5.92 Å². The molecule has 0 radical (unpaired) electrons. The number of rotatable bonds is 6. The minimum Gasteiger partial charge on any atom is -0.396 e. The van der Waals surface area contributed by atoms with Crippen molar-refractivity contribution in [1.82, 2.24) is 9.80 Å². The molecule has 1 aliphatic heterocycles. The molecule has 22 heavy (non-hydrogen) atoms. The zero-order chi connectivity index (χ0) is 15.4. The third-order valence-electron chi connectivity index (χ3n) is 4.72. The van der Waals surface area contributed by atoms with Crippen molar-refractivity contribution in [2.75, 3.05) is 26.2 Å². The van der Waals surface area contributed by atoms with E-state index in [2.05, 4.69) is 21.9 Å². The SMILES string of the molecule is O=C(CN1CCCC(CO)C1)N(Cc1ccccc1)C1CC1. The molecule has 3 rings (SSSR count). The monoisotopic (exact) mass is 302 g/mol. The quantitative estimate of drug-likeness (QED) is 0.872. The average molecular weight is 302 g/mol. The third-order valence-corrected chi connectivity index (χ3v) is 4.72. The van der Waals surface area contributed by atoms with Crippen LogP contribution in [0.1, 0.15) is 31.2 Å². The summed E-state index contributed by atoms with van der Waals surface area (Å²) >= 11 is 0. The Kier molecular flexibility index (Phi) is 5.11. The molecule has 4 heteroatoms. The maximum atomic E-state index is 12.7. The predicted octanol–water partition coefficient (Wildman–Crippen LogP) is 1.88. The van der Waals surface area contributed by atoms with Gasteiger partial charge in [0.15, 0.2) is 0 Å². The highest BCUT2D eigenvalue weighted by atomic mass is 16.3. The molecule has 1 saturated carbocycles. The topological polar surface area (TPSA) is 43.8 Å². The van der Waals surface area contributed by atoms with E-state index in [4.69, 9.17) is 0 Å². The minimum atomic E-state index is 0.237. The van der Waals surface area contributed by atoms with Crippen LogP contribution in [0, 0.1) is 5.92 Å². The Balaban J connectivity index is 1.58. The van der Waals surface area contributed by atoms with Gasteiger partial charge >= 0.3 is 0 Å². The Morgan fingerprint density at radius 3 is 2.68 bits per heavy atom. The summed E-state index contributed by atoms with van der Waals surface area (Å²) in [6, 6.07) is 10.7. The van der Waals surface area contributed by atoms with E-state index >= 15 is 0 Å². The lowest BCUT2D eigenvalue weighted by Gasteiger charge is -2.33.